The number of carbonyl (C=O) groups is 1. The van der Waals surface area contributed by atoms with E-state index in [1.807, 2.05) is 65.9 Å². The molecule has 6 aromatic rings. The molecule has 0 amide bonds. The van der Waals surface area contributed by atoms with Crippen molar-refractivity contribution in [3.8, 4) is 21.9 Å². The van der Waals surface area contributed by atoms with Crippen LogP contribution in [0.5, 0.6) is 0 Å². The Morgan fingerprint density at radius 3 is 2.12 bits per heavy atom. The molecule has 0 atom stereocenters. The maximum absolute atomic E-state index is 12.2. The topological polar surface area (TPSA) is 63.3 Å². The van der Waals surface area contributed by atoms with Crippen molar-refractivity contribution in [2.45, 2.75) is 93.4 Å². The van der Waals surface area contributed by atoms with Gasteiger partial charge in [-0.1, -0.05) is 110 Å². The molecule has 0 fully saturated rings. The van der Waals surface area contributed by atoms with E-state index in [9.17, 15) is 9.90 Å². The van der Waals surface area contributed by atoms with Crippen LogP contribution in [0.2, 0.25) is 0 Å². The van der Waals surface area contributed by atoms with Gasteiger partial charge < -0.3 is 9.52 Å². The fraction of sp³-hybridized carbons (Fsp3) is 0.364. The summed E-state index contributed by atoms with van der Waals surface area (Å²) in [6.07, 6.45) is 6.65. The molecule has 0 unspecified atom stereocenters. The van der Waals surface area contributed by atoms with Crippen LogP contribution in [0.3, 0.4) is 0 Å². The van der Waals surface area contributed by atoms with Gasteiger partial charge in [0, 0.05) is 59.0 Å². The number of allylic oxidation sites excluding steroid dienone is 2. The Kier molecular flexibility index (Phi) is 12.4. The van der Waals surface area contributed by atoms with Crippen LogP contribution >= 0.6 is 11.3 Å². The van der Waals surface area contributed by atoms with Gasteiger partial charge in [-0.15, -0.1) is 40.5 Å². The summed E-state index contributed by atoms with van der Waals surface area (Å²) < 4.78 is 7.33. The predicted molar refractivity (Wildman–Crippen MR) is 208 cm³/mol. The van der Waals surface area contributed by atoms with E-state index in [2.05, 4.69) is 81.4 Å². The molecule has 0 aliphatic heterocycles. The summed E-state index contributed by atoms with van der Waals surface area (Å²) in [5, 5.41) is 14.8. The molecule has 0 aliphatic rings. The smallest absolute Gasteiger partial charge is 0.164 e. The van der Waals surface area contributed by atoms with E-state index in [1.54, 1.807) is 11.3 Å². The van der Waals surface area contributed by atoms with Gasteiger partial charge in [0.15, 0.2) is 5.78 Å². The normalized spacial score (nSPS) is 12.5. The molecule has 3 aromatic carbocycles. The van der Waals surface area contributed by atoms with Gasteiger partial charge >= 0.3 is 0 Å². The molecule has 4 nitrogen and oxygen atoms in total. The van der Waals surface area contributed by atoms with E-state index < -0.39 is 0 Å². The van der Waals surface area contributed by atoms with Gasteiger partial charge in [-0.05, 0) is 60.7 Å². The van der Waals surface area contributed by atoms with Crippen molar-refractivity contribution in [1.82, 2.24) is 4.98 Å². The molecule has 0 bridgehead atoms. The maximum Gasteiger partial charge on any atom is 0.164 e. The van der Waals surface area contributed by atoms with Crippen molar-refractivity contribution < 1.29 is 34.4 Å². The Bertz CT molecular complexity index is 2090. The molecule has 6 rings (SSSR count). The minimum atomic E-state index is -0.337. The fourth-order valence-corrected chi connectivity index (χ4v) is 7.07. The van der Waals surface area contributed by atoms with E-state index in [0.717, 1.165) is 69.3 Å². The summed E-state index contributed by atoms with van der Waals surface area (Å²) in [5.41, 5.74) is 3.65. The predicted octanol–water partition coefficient (Wildman–Crippen LogP) is 13.3. The molecular formula is C44H50IrNO3S-. The average Bonchev–Trinajstić information content (AvgIpc) is 3.75. The Balaban J connectivity index is 0.000000269. The van der Waals surface area contributed by atoms with E-state index >= 15 is 0 Å². The number of fused-ring (bicyclic) bond motifs is 3. The second-order valence-electron chi connectivity index (χ2n) is 14.7. The number of pyridine rings is 1. The number of hydrogen-bond donors (Lipinski definition) is 1. The van der Waals surface area contributed by atoms with Crippen molar-refractivity contribution in [2.24, 2.45) is 10.8 Å². The van der Waals surface area contributed by atoms with Gasteiger partial charge in [0.1, 0.15) is 17.1 Å². The Labute approximate surface area is 315 Å². The van der Waals surface area contributed by atoms with Crippen molar-refractivity contribution in [2.75, 3.05) is 0 Å². The van der Waals surface area contributed by atoms with Gasteiger partial charge in [-0.2, -0.15) is 0 Å². The molecule has 1 radical (unpaired) electrons. The number of furan rings is 1. The molecule has 0 spiro atoms. The summed E-state index contributed by atoms with van der Waals surface area (Å²) >= 11 is 1.74. The molecule has 0 aliphatic carbocycles. The largest absolute Gasteiger partial charge is 0.512 e. The molecule has 6 heteroatoms. The van der Waals surface area contributed by atoms with Crippen molar-refractivity contribution in [3.63, 3.8) is 0 Å². The van der Waals surface area contributed by atoms with Crippen LogP contribution in [-0.2, 0) is 30.3 Å². The molecule has 0 saturated heterocycles. The number of aromatic nitrogens is 1. The average molecular weight is 865 g/mol. The number of nitrogens with zero attached hydrogens (tertiary/aromatic N) is 1. The number of rotatable bonds is 9. The molecule has 50 heavy (non-hydrogen) atoms. The number of hydrogen-bond acceptors (Lipinski definition) is 5. The van der Waals surface area contributed by atoms with Gasteiger partial charge in [-0.3, -0.25) is 9.78 Å². The fourth-order valence-electron chi connectivity index (χ4n) is 6.06. The van der Waals surface area contributed by atoms with E-state index in [1.165, 1.54) is 21.7 Å². The zero-order valence-corrected chi connectivity index (χ0v) is 34.1. The van der Waals surface area contributed by atoms with Crippen molar-refractivity contribution >= 4 is 48.9 Å². The number of aliphatic hydroxyl groups is 1. The first-order chi connectivity index (χ1) is 23.3. The van der Waals surface area contributed by atoms with E-state index in [-0.39, 0.29) is 47.9 Å². The second kappa shape index (κ2) is 15.8. The summed E-state index contributed by atoms with van der Waals surface area (Å²) in [6.45, 7) is 18.9. The number of carbonyl (C=O) groups excluding carboxylic acids is 1. The van der Waals surface area contributed by atoms with Crippen molar-refractivity contribution in [1.29, 1.82) is 0 Å². The summed E-state index contributed by atoms with van der Waals surface area (Å²) in [4.78, 5) is 18.1. The van der Waals surface area contributed by atoms with Crippen LogP contribution in [0.25, 0.3) is 53.7 Å². The van der Waals surface area contributed by atoms with E-state index in [4.69, 9.17) is 9.40 Å². The quantitative estimate of drug-likeness (QED) is 0.0893. The monoisotopic (exact) mass is 865 g/mol. The van der Waals surface area contributed by atoms with E-state index in [0.29, 0.717) is 0 Å². The van der Waals surface area contributed by atoms with Crippen molar-refractivity contribution in [3.05, 3.63) is 102 Å². The van der Waals surface area contributed by atoms with Crippen LogP contribution in [-0.4, -0.2) is 15.9 Å². The van der Waals surface area contributed by atoms with Crippen LogP contribution in [0, 0.1) is 16.9 Å². The van der Waals surface area contributed by atoms with Crippen LogP contribution < -0.4 is 0 Å². The molecule has 3 aromatic heterocycles. The maximum atomic E-state index is 12.2. The number of para-hydroxylation sites is 1. The number of aliphatic hydroxyl groups excluding tert-OH is 1. The molecule has 3 heterocycles. The Morgan fingerprint density at radius 1 is 0.840 bits per heavy atom. The molecule has 1 N–H and O–H groups in total. The number of ketones is 1. The summed E-state index contributed by atoms with van der Waals surface area (Å²) in [7, 11) is 0. The first-order valence-corrected chi connectivity index (χ1v) is 18.4. The zero-order chi connectivity index (χ0) is 35.6. The second-order valence-corrected chi connectivity index (χ2v) is 15.7. The number of benzene rings is 3. The minimum Gasteiger partial charge on any atom is -0.512 e. The summed E-state index contributed by atoms with van der Waals surface area (Å²) in [6, 6.07) is 29.0. The zero-order valence-electron chi connectivity index (χ0n) is 30.9. The molecule has 0 saturated carbocycles. The van der Waals surface area contributed by atoms with Crippen LogP contribution in [0.15, 0.2) is 95.2 Å². The first-order valence-electron chi connectivity index (χ1n) is 17.6. The molecular weight excluding hydrogens is 815 g/mol. The third-order valence-corrected chi connectivity index (χ3v) is 11.7. The molecule has 265 valence electrons. The minimum absolute atomic E-state index is 0. The van der Waals surface area contributed by atoms with Gasteiger partial charge in [0.05, 0.1) is 4.88 Å². The Morgan fingerprint density at radius 2 is 1.48 bits per heavy atom. The standard InChI is InChI=1S/C29H22NOS.C15H28O2.Ir/c1-29(2,3)23-15-20(14-18-8-4-6-10-21(18)23)28-22-17-27(32-26(22)12-13-30-28)25-16-19-9-5-7-11-24(19)31-25;1-7-14(5,8-2)12(16)11-13(17)15(6,9-3)10-4;/h4-13,15-17H,1-3H3;11,16H,7-10H2,1-6H3;/q-1;;/b;12-11-;. The third-order valence-electron chi connectivity index (χ3n) is 10.6. The Hall–Kier alpha value is -3.57. The van der Waals surface area contributed by atoms with Crippen LogP contribution in [0.4, 0.5) is 0 Å². The van der Waals surface area contributed by atoms with Gasteiger partial charge in [-0.25, -0.2) is 0 Å². The SMILES string of the molecule is CC(C)(C)c1cc(-c2nccc3sc(-c4cc5ccccc5o4)cc23)[c-]c2ccccc12.CCC(C)(CC)C(=O)/C=C(\O)C(C)(CC)CC.[Ir]. The third kappa shape index (κ3) is 7.99. The van der Waals surface area contributed by atoms with Gasteiger partial charge in [0.2, 0.25) is 0 Å². The summed E-state index contributed by atoms with van der Waals surface area (Å²) in [5.74, 6) is 1.19. The van der Waals surface area contributed by atoms with Gasteiger partial charge in [0.25, 0.3) is 0 Å². The van der Waals surface area contributed by atoms with Crippen LogP contribution in [0.1, 0.15) is 93.6 Å². The first kappa shape index (κ1) is 39.2. The number of thiophene rings is 1.